The van der Waals surface area contributed by atoms with E-state index in [1.165, 1.54) is 0 Å². The molecule has 0 aliphatic carbocycles. The highest BCUT2D eigenvalue weighted by Crippen LogP contribution is 2.35. The molecule has 1 unspecified atom stereocenters. The van der Waals surface area contributed by atoms with Crippen LogP contribution in [0, 0.1) is 0 Å². The van der Waals surface area contributed by atoms with Crippen LogP contribution in [0.5, 0.6) is 0 Å². The SMILES string of the molecule is [2H]CC(=O)OC[C@H]1OC(OC(=O)C[2H])[C@@H](OC(=O)C[2H])[C@@H](OC(=O)C[2H])[C@@H]1O[C@@H]1O[C@H](COC(C)=O)[C@@H](OC(C)=O)[C@H](OC(C)=O)[C@@H]1OC(C)=O. The number of ether oxygens (including phenoxy) is 11. The summed E-state index contributed by atoms with van der Waals surface area (Å²) >= 11 is 0. The Kier molecular flexibility index (Phi) is 12.1. The van der Waals surface area contributed by atoms with Crippen LogP contribution in [-0.2, 0) is 90.5 Å². The van der Waals surface area contributed by atoms with Crippen LogP contribution in [0.2, 0.25) is 0 Å². The minimum atomic E-state index is -2.02. The molecule has 10 atom stereocenters. The molecule has 0 amide bonds. The smallest absolute Gasteiger partial charge is 0.305 e. The Morgan fingerprint density at radius 3 is 1.36 bits per heavy atom. The first kappa shape index (κ1) is 32.6. The van der Waals surface area contributed by atoms with Crippen LogP contribution in [-0.4, -0.2) is 122 Å². The second-order valence-electron chi connectivity index (χ2n) is 9.79. The van der Waals surface area contributed by atoms with E-state index in [0.717, 1.165) is 27.7 Å². The summed E-state index contributed by atoms with van der Waals surface area (Å²) in [4.78, 5) is 97.5. The van der Waals surface area contributed by atoms with Crippen molar-refractivity contribution >= 4 is 47.8 Å². The zero-order chi connectivity index (χ0) is 38.4. The lowest BCUT2D eigenvalue weighted by molar-refractivity contribution is -0.357. The third-order valence-corrected chi connectivity index (χ3v) is 6.02. The quantitative estimate of drug-likeness (QED) is 0.180. The number of hydrogen-bond donors (Lipinski definition) is 0. The fourth-order valence-corrected chi connectivity index (χ4v) is 4.59. The lowest BCUT2D eigenvalue weighted by Gasteiger charge is -2.48. The maximum atomic E-state index is 12.6. The molecule has 0 saturated carbocycles. The summed E-state index contributed by atoms with van der Waals surface area (Å²) in [7, 11) is 0. The van der Waals surface area contributed by atoms with E-state index in [-0.39, 0.29) is 0 Å². The van der Waals surface area contributed by atoms with E-state index >= 15 is 0 Å². The molecular weight excluding hydrogens is 640 g/mol. The van der Waals surface area contributed by atoms with Crippen LogP contribution >= 0.6 is 0 Å². The van der Waals surface area contributed by atoms with Gasteiger partial charge in [0.2, 0.25) is 12.4 Å². The molecule has 2 rings (SSSR count). The van der Waals surface area contributed by atoms with Gasteiger partial charge < -0.3 is 52.1 Å². The summed E-state index contributed by atoms with van der Waals surface area (Å²) < 4.78 is 89.1. The van der Waals surface area contributed by atoms with Gasteiger partial charge >= 0.3 is 47.8 Å². The molecule has 264 valence electrons. The van der Waals surface area contributed by atoms with Gasteiger partial charge in [0.25, 0.3) is 0 Å². The number of rotatable bonds is 12. The summed E-state index contributed by atoms with van der Waals surface area (Å²) in [6.45, 7) is -1.47. The number of carbonyl (C=O) groups is 8. The lowest BCUT2D eigenvalue weighted by atomic mass is 9.96. The molecule has 0 aromatic heterocycles. The average molecular weight is 683 g/mol. The first-order valence-electron chi connectivity index (χ1n) is 16.4. The largest absolute Gasteiger partial charge is 0.463 e. The maximum Gasteiger partial charge on any atom is 0.305 e. The third-order valence-electron chi connectivity index (χ3n) is 6.02. The normalized spacial score (nSPS) is 31.1. The predicted octanol–water partition coefficient (Wildman–Crippen LogP) is -0.831. The Balaban J connectivity index is 2.80. The third kappa shape index (κ3) is 12.1. The van der Waals surface area contributed by atoms with Crippen molar-refractivity contribution in [3.05, 3.63) is 0 Å². The van der Waals surface area contributed by atoms with E-state index in [9.17, 15) is 38.4 Å². The van der Waals surface area contributed by atoms with Gasteiger partial charge in [-0.1, -0.05) is 0 Å². The van der Waals surface area contributed by atoms with Crippen molar-refractivity contribution < 1.29 is 95.9 Å². The van der Waals surface area contributed by atoms with Crippen molar-refractivity contribution in [3.63, 3.8) is 0 Å². The standard InChI is InChI=1S/C28H38O19/c1-11(29)37-9-19-21(39-13(3)31)23(40-14(4)32)26(43-17(7)35)28(46-19)47-22-20(10-38-12(2)30)45-27(44-18(8)36)25(42-16(6)34)24(22)41-15(5)33/h19-28H,9-10H2,1-8H3/t19-,20-,21-,22-,23+,24+,25+,26+,27?,28+/m1/s1/i2D,5D,6D,8D. The molecule has 0 N–H and O–H groups in total. The molecule has 47 heavy (non-hydrogen) atoms. The molecular formula is C28H38O19. The molecule has 2 aliphatic heterocycles. The fraction of sp³-hybridized carbons (Fsp3) is 0.714. The van der Waals surface area contributed by atoms with E-state index in [2.05, 4.69) is 0 Å². The molecule has 0 aromatic carbocycles. The average Bonchev–Trinajstić information content (AvgIpc) is 3.06. The molecule has 0 spiro atoms. The van der Waals surface area contributed by atoms with Gasteiger partial charge in [-0.3, -0.25) is 38.4 Å². The molecule has 2 aliphatic rings. The van der Waals surface area contributed by atoms with Gasteiger partial charge in [0.05, 0.1) is 0 Å². The van der Waals surface area contributed by atoms with E-state index in [4.69, 9.17) is 57.6 Å². The highest BCUT2D eigenvalue weighted by atomic mass is 16.8. The zero-order valence-corrected chi connectivity index (χ0v) is 25.8. The molecule has 19 heteroatoms. The van der Waals surface area contributed by atoms with Gasteiger partial charge in [-0.05, 0) is 0 Å². The highest BCUT2D eigenvalue weighted by molar-refractivity contribution is 5.70. The second-order valence-corrected chi connectivity index (χ2v) is 9.79. The van der Waals surface area contributed by atoms with Crippen LogP contribution in [0.1, 0.15) is 60.8 Å². The maximum absolute atomic E-state index is 12.6. The Morgan fingerprint density at radius 2 is 0.830 bits per heavy atom. The van der Waals surface area contributed by atoms with E-state index in [1.54, 1.807) is 0 Å². The van der Waals surface area contributed by atoms with Gasteiger partial charge in [0.15, 0.2) is 30.7 Å². The number of carbonyl (C=O) groups excluding carboxylic acids is 8. The molecule has 2 heterocycles. The minimum Gasteiger partial charge on any atom is -0.463 e. The van der Waals surface area contributed by atoms with E-state index < -0.39 is 150 Å². The van der Waals surface area contributed by atoms with Crippen molar-refractivity contribution in [3.8, 4) is 0 Å². The van der Waals surface area contributed by atoms with Gasteiger partial charge in [-0.2, -0.15) is 0 Å². The lowest BCUT2D eigenvalue weighted by Crippen LogP contribution is -2.67. The summed E-state index contributed by atoms with van der Waals surface area (Å²) in [6, 6.07) is 0. The second kappa shape index (κ2) is 17.5. The topological polar surface area (TPSA) is 238 Å². The van der Waals surface area contributed by atoms with Crippen molar-refractivity contribution in [1.29, 1.82) is 0 Å². The van der Waals surface area contributed by atoms with Crippen molar-refractivity contribution in [1.82, 2.24) is 0 Å². The van der Waals surface area contributed by atoms with Gasteiger partial charge in [-0.15, -0.1) is 0 Å². The van der Waals surface area contributed by atoms with Gasteiger partial charge in [0, 0.05) is 60.8 Å². The highest BCUT2D eigenvalue weighted by Gasteiger charge is 2.58. The van der Waals surface area contributed by atoms with Crippen LogP contribution in [0.3, 0.4) is 0 Å². The fourth-order valence-electron chi connectivity index (χ4n) is 4.59. The summed E-state index contributed by atoms with van der Waals surface area (Å²) in [5, 5.41) is 0. The Morgan fingerprint density at radius 1 is 0.447 bits per heavy atom. The molecule has 2 saturated heterocycles. The number of esters is 8. The summed E-state index contributed by atoms with van der Waals surface area (Å²) in [5.74, 6) is -8.64. The van der Waals surface area contributed by atoms with Gasteiger partial charge in [-0.25, -0.2) is 0 Å². The first-order valence-corrected chi connectivity index (χ1v) is 13.6. The van der Waals surface area contributed by atoms with Crippen LogP contribution in [0.4, 0.5) is 0 Å². The van der Waals surface area contributed by atoms with E-state index in [1.807, 2.05) is 0 Å². The summed E-state index contributed by atoms with van der Waals surface area (Å²) in [6.07, 6.45) is -18.3. The van der Waals surface area contributed by atoms with Gasteiger partial charge in [0.1, 0.15) is 31.5 Å². The van der Waals surface area contributed by atoms with Crippen molar-refractivity contribution in [2.45, 2.75) is 117 Å². The van der Waals surface area contributed by atoms with Crippen LogP contribution < -0.4 is 0 Å². The molecule has 0 bridgehead atoms. The molecule has 2 fully saturated rings. The minimum absolute atomic E-state index is 0.671. The Bertz CT molecular complexity index is 1280. The molecule has 19 nitrogen and oxygen atoms in total. The van der Waals surface area contributed by atoms with Crippen molar-refractivity contribution in [2.75, 3.05) is 13.2 Å². The van der Waals surface area contributed by atoms with E-state index in [0.29, 0.717) is 0 Å². The van der Waals surface area contributed by atoms with Crippen LogP contribution in [0.15, 0.2) is 0 Å². The molecule has 0 radical (unpaired) electrons. The summed E-state index contributed by atoms with van der Waals surface area (Å²) in [5.41, 5.74) is 0. The molecule has 0 aromatic rings. The Labute approximate surface area is 274 Å². The van der Waals surface area contributed by atoms with Crippen molar-refractivity contribution in [2.24, 2.45) is 0 Å². The predicted molar refractivity (Wildman–Crippen MR) is 145 cm³/mol. The zero-order valence-electron chi connectivity index (χ0n) is 29.8. The van der Waals surface area contributed by atoms with Crippen LogP contribution in [0.25, 0.3) is 0 Å². The monoisotopic (exact) mass is 682 g/mol. The Hall–Kier alpha value is -4.36. The first-order chi connectivity index (χ1) is 24.0. The number of hydrogen-bond acceptors (Lipinski definition) is 19.